The Bertz CT molecular complexity index is 664. The van der Waals surface area contributed by atoms with Crippen LogP contribution in [0.2, 0.25) is 0 Å². The molecule has 3 rings (SSSR count). The van der Waals surface area contributed by atoms with Crippen LogP contribution in [0.4, 0.5) is 0 Å². The molecular weight excluding hydrogens is 262 g/mol. The van der Waals surface area contributed by atoms with E-state index in [1.807, 2.05) is 30.3 Å². The van der Waals surface area contributed by atoms with Gasteiger partial charge >= 0.3 is 0 Å². The summed E-state index contributed by atoms with van der Waals surface area (Å²) in [6, 6.07) is 9.81. The Morgan fingerprint density at radius 3 is 2.84 bits per heavy atom. The largest absolute Gasteiger partial charge is 0.444 e. The van der Waals surface area contributed by atoms with Gasteiger partial charge < -0.3 is 4.42 Å². The monoisotopic (exact) mass is 273 g/mol. The molecule has 6 nitrogen and oxygen atoms in total. The van der Waals surface area contributed by atoms with Gasteiger partial charge in [0.1, 0.15) is 6.26 Å². The highest BCUT2D eigenvalue weighted by molar-refractivity contribution is 7.98. The van der Waals surface area contributed by atoms with E-state index in [9.17, 15) is 0 Å². The minimum atomic E-state index is 0.632. The zero-order chi connectivity index (χ0) is 13.1. The van der Waals surface area contributed by atoms with E-state index in [0.717, 1.165) is 16.4 Å². The molecule has 7 heteroatoms. The second-order valence-electron chi connectivity index (χ2n) is 3.88. The standard InChI is InChI=1S/C12H11N5OS/c1-17-12(14-15-16-17)19-8-10-7-18-11(13-10)9-5-3-2-4-6-9/h2-7H,8H2,1H3. The van der Waals surface area contributed by atoms with Crippen molar-refractivity contribution in [2.75, 3.05) is 0 Å². The van der Waals surface area contributed by atoms with Gasteiger partial charge in [-0.05, 0) is 22.6 Å². The summed E-state index contributed by atoms with van der Waals surface area (Å²) in [6.07, 6.45) is 1.67. The lowest BCUT2D eigenvalue weighted by molar-refractivity contribution is 0.573. The highest BCUT2D eigenvalue weighted by atomic mass is 32.2. The first-order chi connectivity index (χ1) is 9.33. The molecule has 0 amide bonds. The first-order valence-electron chi connectivity index (χ1n) is 5.68. The molecule has 0 unspecified atom stereocenters. The molecule has 2 heterocycles. The van der Waals surface area contributed by atoms with Gasteiger partial charge in [-0.15, -0.1) is 5.10 Å². The number of aromatic nitrogens is 5. The predicted molar refractivity (Wildman–Crippen MR) is 70.3 cm³/mol. The van der Waals surface area contributed by atoms with Crippen LogP contribution < -0.4 is 0 Å². The minimum absolute atomic E-state index is 0.632. The maximum Gasteiger partial charge on any atom is 0.226 e. The van der Waals surface area contributed by atoms with Crippen molar-refractivity contribution in [3.63, 3.8) is 0 Å². The van der Waals surface area contributed by atoms with Crippen molar-refractivity contribution >= 4 is 11.8 Å². The molecule has 2 aromatic heterocycles. The van der Waals surface area contributed by atoms with Gasteiger partial charge in [0, 0.05) is 18.4 Å². The number of oxazole rings is 1. The molecule has 0 bridgehead atoms. The lowest BCUT2D eigenvalue weighted by Gasteiger charge is -1.95. The van der Waals surface area contributed by atoms with Crippen molar-refractivity contribution in [2.24, 2.45) is 7.05 Å². The molecule has 0 spiro atoms. The molecule has 0 saturated heterocycles. The Hall–Kier alpha value is -2.15. The average molecular weight is 273 g/mol. The molecule has 0 atom stereocenters. The first-order valence-corrected chi connectivity index (χ1v) is 6.66. The maximum absolute atomic E-state index is 5.47. The Morgan fingerprint density at radius 2 is 2.11 bits per heavy atom. The fraction of sp³-hybridized carbons (Fsp3) is 0.167. The lowest BCUT2D eigenvalue weighted by atomic mass is 10.2. The molecule has 1 aromatic carbocycles. The summed E-state index contributed by atoms with van der Waals surface area (Å²) in [5, 5.41) is 12.0. The summed E-state index contributed by atoms with van der Waals surface area (Å²) in [5.41, 5.74) is 1.84. The van der Waals surface area contributed by atoms with Crippen LogP contribution in [0.5, 0.6) is 0 Å². The van der Waals surface area contributed by atoms with Gasteiger partial charge in [-0.3, -0.25) is 0 Å². The first kappa shape index (κ1) is 11.9. The van der Waals surface area contributed by atoms with Crippen LogP contribution in [-0.2, 0) is 12.8 Å². The van der Waals surface area contributed by atoms with Crippen molar-refractivity contribution in [3.8, 4) is 11.5 Å². The quantitative estimate of drug-likeness (QED) is 0.678. The highest BCUT2D eigenvalue weighted by Crippen LogP contribution is 2.22. The molecule has 0 saturated carbocycles. The van der Waals surface area contributed by atoms with Crippen molar-refractivity contribution < 1.29 is 4.42 Å². The van der Waals surface area contributed by atoms with Crippen LogP contribution in [0.15, 0.2) is 46.2 Å². The Balaban J connectivity index is 1.70. The van der Waals surface area contributed by atoms with Crippen LogP contribution >= 0.6 is 11.8 Å². The second kappa shape index (κ2) is 5.23. The maximum atomic E-state index is 5.47. The van der Waals surface area contributed by atoms with E-state index in [4.69, 9.17) is 4.42 Å². The third kappa shape index (κ3) is 2.65. The zero-order valence-corrected chi connectivity index (χ0v) is 11.0. The third-order valence-corrected chi connectivity index (χ3v) is 3.55. The van der Waals surface area contributed by atoms with E-state index in [2.05, 4.69) is 20.5 Å². The van der Waals surface area contributed by atoms with Crippen molar-refractivity contribution in [1.82, 2.24) is 25.2 Å². The Morgan fingerprint density at radius 1 is 1.26 bits per heavy atom. The number of hydrogen-bond donors (Lipinski definition) is 0. The molecular formula is C12H11N5OS. The minimum Gasteiger partial charge on any atom is -0.444 e. The van der Waals surface area contributed by atoms with Crippen LogP contribution in [0.1, 0.15) is 5.69 Å². The summed E-state index contributed by atoms with van der Waals surface area (Å²) in [7, 11) is 1.81. The van der Waals surface area contributed by atoms with Crippen LogP contribution in [0.25, 0.3) is 11.5 Å². The van der Waals surface area contributed by atoms with E-state index in [1.54, 1.807) is 18.0 Å². The number of hydrogen-bond acceptors (Lipinski definition) is 6. The summed E-state index contributed by atoms with van der Waals surface area (Å²) >= 11 is 1.52. The molecule has 0 radical (unpaired) electrons. The topological polar surface area (TPSA) is 69.6 Å². The molecule has 0 aliphatic heterocycles. The summed E-state index contributed by atoms with van der Waals surface area (Å²) in [6.45, 7) is 0. The van der Waals surface area contributed by atoms with Crippen LogP contribution in [0, 0.1) is 0 Å². The predicted octanol–water partition coefficient (Wildman–Crippen LogP) is 2.16. The van der Waals surface area contributed by atoms with Gasteiger partial charge in [0.2, 0.25) is 11.0 Å². The average Bonchev–Trinajstić information content (AvgIpc) is 3.06. The van der Waals surface area contributed by atoms with Gasteiger partial charge in [0.25, 0.3) is 0 Å². The number of nitrogens with zero attached hydrogens (tertiary/aromatic N) is 5. The molecule has 3 aromatic rings. The molecule has 0 aliphatic carbocycles. The number of aryl methyl sites for hydroxylation is 1. The lowest BCUT2D eigenvalue weighted by Crippen LogP contribution is -1.93. The fourth-order valence-corrected chi connectivity index (χ4v) is 2.30. The molecule has 0 fully saturated rings. The van der Waals surface area contributed by atoms with Crippen LogP contribution in [-0.4, -0.2) is 25.2 Å². The number of rotatable bonds is 4. The smallest absolute Gasteiger partial charge is 0.226 e. The van der Waals surface area contributed by atoms with Crippen molar-refractivity contribution in [1.29, 1.82) is 0 Å². The SMILES string of the molecule is Cn1nnnc1SCc1coc(-c2ccccc2)n1. The summed E-state index contributed by atoms with van der Waals surface area (Å²) in [4.78, 5) is 4.44. The van der Waals surface area contributed by atoms with E-state index >= 15 is 0 Å². The van der Waals surface area contributed by atoms with Gasteiger partial charge in [0.15, 0.2) is 0 Å². The number of benzene rings is 1. The Kier molecular flexibility index (Phi) is 3.28. The molecule has 0 N–H and O–H groups in total. The van der Waals surface area contributed by atoms with E-state index < -0.39 is 0 Å². The van der Waals surface area contributed by atoms with Crippen molar-refractivity contribution in [2.45, 2.75) is 10.9 Å². The molecule has 19 heavy (non-hydrogen) atoms. The van der Waals surface area contributed by atoms with Crippen LogP contribution in [0.3, 0.4) is 0 Å². The van der Waals surface area contributed by atoms with Gasteiger partial charge in [0.05, 0.1) is 5.69 Å². The van der Waals surface area contributed by atoms with Gasteiger partial charge in [-0.25, -0.2) is 9.67 Å². The number of tetrazole rings is 1. The van der Waals surface area contributed by atoms with Crippen molar-refractivity contribution in [3.05, 3.63) is 42.3 Å². The Labute approximate surface area is 113 Å². The summed E-state index contributed by atoms with van der Waals surface area (Å²) in [5.74, 6) is 1.30. The van der Waals surface area contributed by atoms with Gasteiger partial charge in [-0.1, -0.05) is 30.0 Å². The second-order valence-corrected chi connectivity index (χ2v) is 4.83. The zero-order valence-electron chi connectivity index (χ0n) is 10.2. The summed E-state index contributed by atoms with van der Waals surface area (Å²) < 4.78 is 7.10. The van der Waals surface area contributed by atoms with Gasteiger partial charge in [-0.2, -0.15) is 0 Å². The molecule has 0 aliphatic rings. The highest BCUT2D eigenvalue weighted by Gasteiger charge is 2.08. The molecule has 96 valence electrons. The van der Waals surface area contributed by atoms with E-state index in [0.29, 0.717) is 11.6 Å². The van der Waals surface area contributed by atoms with E-state index in [-0.39, 0.29) is 0 Å². The third-order valence-electron chi connectivity index (χ3n) is 2.50. The fourth-order valence-electron chi connectivity index (χ4n) is 1.57. The normalized spacial score (nSPS) is 10.8. The number of thioether (sulfide) groups is 1. The van der Waals surface area contributed by atoms with E-state index in [1.165, 1.54) is 11.8 Å².